The summed E-state index contributed by atoms with van der Waals surface area (Å²) in [5.74, 6) is 7.36. The van der Waals surface area contributed by atoms with E-state index in [1.807, 2.05) is 12.2 Å². The minimum Gasteiger partial charge on any atom is -0.392 e. The molecule has 0 amide bonds. The van der Waals surface area contributed by atoms with Gasteiger partial charge in [-0.1, -0.05) is 61.8 Å². The van der Waals surface area contributed by atoms with Gasteiger partial charge in [-0.3, -0.25) is 4.79 Å². The Hall–Kier alpha value is -2.37. The number of carbonyl (C=O) groups excluding carboxylic acids is 1. The molecule has 0 saturated heterocycles. The van der Waals surface area contributed by atoms with Gasteiger partial charge < -0.3 is 5.11 Å². The highest BCUT2D eigenvalue weighted by Gasteiger charge is 2.50. The number of fused-ring (bicyclic) bond motifs is 1. The zero-order valence-electron chi connectivity index (χ0n) is 18.7. The van der Waals surface area contributed by atoms with Crippen molar-refractivity contribution >= 4 is 11.9 Å². The van der Waals surface area contributed by atoms with Crippen LogP contribution in [0.25, 0.3) is 6.08 Å². The van der Waals surface area contributed by atoms with Crippen LogP contribution in [0.15, 0.2) is 54.1 Å². The quantitative estimate of drug-likeness (QED) is 0.360. The SMILES string of the molecule is C=CC[C@@]12C(=CC(=O)/C(=C/c3ccc(C#CC4CCCCC4)cc3)[C@@H]1C)CCC[C@@H]2O. The molecular weight excluding hydrogens is 380 g/mol. The Morgan fingerprint density at radius 1 is 1.13 bits per heavy atom. The van der Waals surface area contributed by atoms with Crippen LogP contribution in [0.3, 0.4) is 0 Å². The zero-order valence-corrected chi connectivity index (χ0v) is 18.7. The molecule has 2 heteroatoms. The van der Waals surface area contributed by atoms with Crippen LogP contribution in [-0.2, 0) is 4.79 Å². The standard InChI is InChI=1S/C29H34O2/c1-3-18-29-21(2)26(27(30)20-25(29)10-7-11-28(29)31)19-24-16-14-23(15-17-24)13-12-22-8-5-4-6-9-22/h3,14-17,19-22,28,31H,1,4-11,18H2,2H3/b26-19+/t21-,28-,29-/m0/s1. The summed E-state index contributed by atoms with van der Waals surface area (Å²) in [4.78, 5) is 13.0. The lowest BCUT2D eigenvalue weighted by Gasteiger charge is -2.50. The molecule has 0 aromatic heterocycles. The number of hydrogen-bond donors (Lipinski definition) is 1. The Morgan fingerprint density at radius 2 is 1.87 bits per heavy atom. The fraction of sp³-hybridized carbons (Fsp3) is 0.483. The van der Waals surface area contributed by atoms with Gasteiger partial charge in [-0.2, -0.15) is 0 Å². The molecule has 3 aliphatic rings. The average molecular weight is 415 g/mol. The minimum atomic E-state index is -0.436. The van der Waals surface area contributed by atoms with E-state index in [1.54, 1.807) is 6.08 Å². The third-order valence-corrected chi connectivity index (χ3v) is 7.69. The Balaban J connectivity index is 1.59. The van der Waals surface area contributed by atoms with Gasteiger partial charge in [-0.25, -0.2) is 0 Å². The predicted molar refractivity (Wildman–Crippen MR) is 127 cm³/mol. The maximum atomic E-state index is 13.0. The van der Waals surface area contributed by atoms with Gasteiger partial charge in [0.05, 0.1) is 6.10 Å². The van der Waals surface area contributed by atoms with Crippen molar-refractivity contribution in [3.8, 4) is 11.8 Å². The molecule has 0 spiro atoms. The fourth-order valence-electron chi connectivity index (χ4n) is 5.85. The summed E-state index contributed by atoms with van der Waals surface area (Å²) in [5, 5.41) is 11.0. The van der Waals surface area contributed by atoms with Crippen molar-refractivity contribution in [3.05, 3.63) is 65.3 Å². The topological polar surface area (TPSA) is 37.3 Å². The first-order chi connectivity index (χ1) is 15.0. The third-order valence-electron chi connectivity index (χ3n) is 7.69. The van der Waals surface area contributed by atoms with E-state index in [-0.39, 0.29) is 11.7 Å². The number of allylic oxidation sites excluding steroid dienone is 3. The fourth-order valence-corrected chi connectivity index (χ4v) is 5.85. The summed E-state index contributed by atoms with van der Waals surface area (Å²) >= 11 is 0. The minimum absolute atomic E-state index is 0.0425. The second-order valence-corrected chi connectivity index (χ2v) is 9.52. The predicted octanol–water partition coefficient (Wildman–Crippen LogP) is 6.25. The van der Waals surface area contributed by atoms with Gasteiger partial charge in [0.25, 0.3) is 0 Å². The second kappa shape index (κ2) is 9.41. The van der Waals surface area contributed by atoms with Crippen LogP contribution in [0.1, 0.15) is 75.8 Å². The van der Waals surface area contributed by atoms with Crippen LogP contribution >= 0.6 is 0 Å². The highest BCUT2D eigenvalue weighted by atomic mass is 16.3. The van der Waals surface area contributed by atoms with Crippen molar-refractivity contribution < 1.29 is 9.90 Å². The second-order valence-electron chi connectivity index (χ2n) is 9.52. The Labute approximate surface area is 187 Å². The molecule has 162 valence electrons. The van der Waals surface area contributed by atoms with Crippen LogP contribution < -0.4 is 0 Å². The van der Waals surface area contributed by atoms with Crippen LogP contribution in [0, 0.1) is 29.1 Å². The van der Waals surface area contributed by atoms with Crippen molar-refractivity contribution in [2.75, 3.05) is 0 Å². The smallest absolute Gasteiger partial charge is 0.182 e. The van der Waals surface area contributed by atoms with E-state index in [0.29, 0.717) is 12.3 Å². The summed E-state index contributed by atoms with van der Waals surface area (Å²) in [5.41, 5.74) is 3.53. The van der Waals surface area contributed by atoms with Crippen LogP contribution in [-0.4, -0.2) is 17.0 Å². The average Bonchev–Trinajstić information content (AvgIpc) is 2.78. The summed E-state index contributed by atoms with van der Waals surface area (Å²) in [6.45, 7) is 6.04. The number of hydrogen-bond acceptors (Lipinski definition) is 2. The highest BCUT2D eigenvalue weighted by molar-refractivity contribution is 6.09. The van der Waals surface area contributed by atoms with Crippen LogP contribution in [0.5, 0.6) is 0 Å². The molecule has 0 heterocycles. The maximum absolute atomic E-state index is 13.0. The van der Waals surface area contributed by atoms with E-state index in [1.165, 1.54) is 32.1 Å². The van der Waals surface area contributed by atoms with E-state index < -0.39 is 11.5 Å². The van der Waals surface area contributed by atoms with Crippen LogP contribution in [0.2, 0.25) is 0 Å². The van der Waals surface area contributed by atoms with E-state index in [0.717, 1.165) is 41.5 Å². The normalized spacial score (nSPS) is 30.2. The van der Waals surface area contributed by atoms with Gasteiger partial charge in [0.2, 0.25) is 0 Å². The molecule has 3 atom stereocenters. The van der Waals surface area contributed by atoms with Crippen molar-refractivity contribution in [3.63, 3.8) is 0 Å². The van der Waals surface area contributed by atoms with Crippen molar-refractivity contribution in [1.82, 2.24) is 0 Å². The lowest BCUT2D eigenvalue weighted by molar-refractivity contribution is -0.113. The zero-order chi connectivity index (χ0) is 21.8. The first kappa shape index (κ1) is 21.8. The maximum Gasteiger partial charge on any atom is 0.182 e. The van der Waals surface area contributed by atoms with E-state index in [4.69, 9.17) is 0 Å². The monoisotopic (exact) mass is 414 g/mol. The lowest BCUT2D eigenvalue weighted by Crippen LogP contribution is -2.48. The summed E-state index contributed by atoms with van der Waals surface area (Å²) in [6, 6.07) is 8.20. The molecule has 0 aliphatic heterocycles. The Bertz CT molecular complexity index is 947. The number of ketones is 1. The molecule has 31 heavy (non-hydrogen) atoms. The third kappa shape index (κ3) is 4.35. The summed E-state index contributed by atoms with van der Waals surface area (Å²) in [7, 11) is 0. The molecule has 2 fully saturated rings. The molecule has 0 unspecified atom stereocenters. The van der Waals surface area contributed by atoms with Gasteiger partial charge >= 0.3 is 0 Å². The molecule has 0 bridgehead atoms. The van der Waals surface area contributed by atoms with Crippen molar-refractivity contribution in [2.24, 2.45) is 17.3 Å². The van der Waals surface area contributed by atoms with Gasteiger partial charge in [0.15, 0.2) is 5.78 Å². The Kier molecular flexibility index (Phi) is 6.63. The number of rotatable bonds is 3. The summed E-state index contributed by atoms with van der Waals surface area (Å²) in [6.07, 6.45) is 15.0. The van der Waals surface area contributed by atoms with Gasteiger partial charge in [-0.05, 0) is 74.3 Å². The van der Waals surface area contributed by atoms with Gasteiger partial charge in [0.1, 0.15) is 0 Å². The number of carbonyl (C=O) groups is 1. The Morgan fingerprint density at radius 3 is 2.58 bits per heavy atom. The first-order valence-electron chi connectivity index (χ1n) is 11.9. The molecular formula is C29H34O2. The van der Waals surface area contributed by atoms with Crippen molar-refractivity contribution in [1.29, 1.82) is 0 Å². The number of benzene rings is 1. The van der Waals surface area contributed by atoms with E-state index in [2.05, 4.69) is 49.6 Å². The molecule has 4 rings (SSSR count). The van der Waals surface area contributed by atoms with Crippen LogP contribution in [0.4, 0.5) is 0 Å². The molecule has 0 radical (unpaired) electrons. The van der Waals surface area contributed by atoms with Gasteiger partial charge in [-0.15, -0.1) is 6.58 Å². The van der Waals surface area contributed by atoms with E-state index in [9.17, 15) is 9.90 Å². The number of aliphatic hydroxyl groups excluding tert-OH is 1. The lowest BCUT2D eigenvalue weighted by atomic mass is 9.55. The molecule has 1 N–H and O–H groups in total. The summed E-state index contributed by atoms with van der Waals surface area (Å²) < 4.78 is 0. The largest absolute Gasteiger partial charge is 0.392 e. The first-order valence-corrected chi connectivity index (χ1v) is 11.9. The molecule has 3 aliphatic carbocycles. The van der Waals surface area contributed by atoms with Crippen molar-refractivity contribution in [2.45, 2.75) is 70.8 Å². The highest BCUT2D eigenvalue weighted by Crippen LogP contribution is 2.54. The number of aliphatic hydroxyl groups is 1. The molecule has 2 nitrogen and oxygen atoms in total. The molecule has 1 aromatic carbocycles. The molecule has 1 aromatic rings. The van der Waals surface area contributed by atoms with Gasteiger partial charge in [0, 0.05) is 22.5 Å². The van der Waals surface area contributed by atoms with E-state index >= 15 is 0 Å². The molecule has 2 saturated carbocycles.